The Labute approximate surface area is 111 Å². The maximum Gasteiger partial charge on any atom is 0.374 e. The summed E-state index contributed by atoms with van der Waals surface area (Å²) in [5.41, 5.74) is -0.0245. The summed E-state index contributed by atoms with van der Waals surface area (Å²) >= 11 is 0. The lowest BCUT2D eigenvalue weighted by atomic mass is 10.2. The molecule has 7 heteroatoms. The topological polar surface area (TPSA) is 95.7 Å². The van der Waals surface area contributed by atoms with E-state index in [1.807, 2.05) is 7.05 Å². The van der Waals surface area contributed by atoms with Gasteiger partial charge in [-0.2, -0.15) is 0 Å². The SMILES string of the molecule is CCC(C)N(C)CCNC(=O)c1cc(C(=O)O)on1. The zero-order valence-electron chi connectivity index (χ0n) is 11.3. The van der Waals surface area contributed by atoms with Gasteiger partial charge in [-0.15, -0.1) is 0 Å². The standard InChI is InChI=1S/C12H19N3O4/c1-4-8(2)15(3)6-5-13-11(16)9-7-10(12(17)18)19-14-9/h7-8H,4-6H2,1-3H3,(H,13,16)(H,17,18). The molecule has 0 aliphatic heterocycles. The van der Waals surface area contributed by atoms with Gasteiger partial charge in [0.05, 0.1) is 0 Å². The molecule has 1 aromatic heterocycles. The van der Waals surface area contributed by atoms with Gasteiger partial charge in [0.15, 0.2) is 5.69 Å². The van der Waals surface area contributed by atoms with E-state index in [1.54, 1.807) is 0 Å². The van der Waals surface area contributed by atoms with E-state index in [0.29, 0.717) is 19.1 Å². The predicted molar refractivity (Wildman–Crippen MR) is 68.2 cm³/mol. The number of likely N-dealkylation sites (N-methyl/N-ethyl adjacent to an activating group) is 1. The first-order valence-corrected chi connectivity index (χ1v) is 6.14. The van der Waals surface area contributed by atoms with E-state index in [2.05, 4.69) is 33.7 Å². The molecular weight excluding hydrogens is 250 g/mol. The smallest absolute Gasteiger partial charge is 0.374 e. The highest BCUT2D eigenvalue weighted by Gasteiger charge is 2.16. The molecule has 0 saturated heterocycles. The number of rotatable bonds is 7. The van der Waals surface area contributed by atoms with Crippen LogP contribution in [-0.2, 0) is 0 Å². The van der Waals surface area contributed by atoms with Crippen molar-refractivity contribution in [1.29, 1.82) is 0 Å². The minimum atomic E-state index is -1.25. The average Bonchev–Trinajstić information content (AvgIpc) is 2.87. The number of nitrogens with one attached hydrogen (secondary N) is 1. The molecule has 0 radical (unpaired) electrons. The summed E-state index contributed by atoms with van der Waals surface area (Å²) < 4.78 is 4.51. The highest BCUT2D eigenvalue weighted by atomic mass is 16.5. The fraction of sp³-hybridized carbons (Fsp3) is 0.583. The average molecular weight is 269 g/mol. The van der Waals surface area contributed by atoms with Crippen LogP contribution < -0.4 is 5.32 Å². The molecule has 1 atom stereocenters. The molecule has 106 valence electrons. The first kappa shape index (κ1) is 15.2. The monoisotopic (exact) mass is 269 g/mol. The van der Waals surface area contributed by atoms with Crippen molar-refractivity contribution < 1.29 is 19.2 Å². The Balaban J connectivity index is 2.41. The predicted octanol–water partition coefficient (Wildman–Crippen LogP) is 0.833. The van der Waals surface area contributed by atoms with Gasteiger partial charge in [-0.25, -0.2) is 4.79 Å². The summed E-state index contributed by atoms with van der Waals surface area (Å²) in [4.78, 5) is 24.4. The van der Waals surface area contributed by atoms with Gasteiger partial charge in [0.2, 0.25) is 5.76 Å². The van der Waals surface area contributed by atoms with Crippen molar-refractivity contribution in [3.63, 3.8) is 0 Å². The molecule has 0 spiro atoms. The van der Waals surface area contributed by atoms with Crippen LogP contribution in [0.25, 0.3) is 0 Å². The Bertz CT molecular complexity index is 444. The van der Waals surface area contributed by atoms with Gasteiger partial charge in [0, 0.05) is 25.2 Å². The number of carboxylic acid groups (broad SMARTS) is 1. The van der Waals surface area contributed by atoms with Crippen LogP contribution in [0.4, 0.5) is 0 Å². The van der Waals surface area contributed by atoms with Crippen LogP contribution in [-0.4, -0.2) is 53.2 Å². The van der Waals surface area contributed by atoms with Crippen molar-refractivity contribution >= 4 is 11.9 Å². The summed E-state index contributed by atoms with van der Waals surface area (Å²) in [7, 11) is 1.99. The minimum Gasteiger partial charge on any atom is -0.475 e. The van der Waals surface area contributed by atoms with Crippen molar-refractivity contribution in [3.05, 3.63) is 17.5 Å². The van der Waals surface area contributed by atoms with Gasteiger partial charge in [-0.3, -0.25) is 4.79 Å². The van der Waals surface area contributed by atoms with Crippen molar-refractivity contribution in [3.8, 4) is 0 Å². The van der Waals surface area contributed by atoms with Gasteiger partial charge >= 0.3 is 5.97 Å². The van der Waals surface area contributed by atoms with Gasteiger partial charge in [0.25, 0.3) is 5.91 Å². The van der Waals surface area contributed by atoms with Crippen LogP contribution >= 0.6 is 0 Å². The molecule has 1 aromatic rings. The lowest BCUT2D eigenvalue weighted by Crippen LogP contribution is -2.37. The summed E-state index contributed by atoms with van der Waals surface area (Å²) in [6.07, 6.45) is 1.04. The number of aromatic nitrogens is 1. The van der Waals surface area contributed by atoms with E-state index < -0.39 is 11.9 Å². The molecule has 0 aliphatic carbocycles. The third-order valence-corrected chi connectivity index (χ3v) is 3.05. The molecule has 1 unspecified atom stereocenters. The second-order valence-electron chi connectivity index (χ2n) is 4.38. The molecule has 1 heterocycles. The Morgan fingerprint density at radius 2 is 2.26 bits per heavy atom. The van der Waals surface area contributed by atoms with E-state index in [4.69, 9.17) is 5.11 Å². The molecular formula is C12H19N3O4. The van der Waals surface area contributed by atoms with Gasteiger partial charge < -0.3 is 19.8 Å². The van der Waals surface area contributed by atoms with Crippen molar-refractivity contribution in [2.75, 3.05) is 20.1 Å². The van der Waals surface area contributed by atoms with Crippen molar-refractivity contribution in [2.45, 2.75) is 26.3 Å². The molecule has 0 aliphatic rings. The van der Waals surface area contributed by atoms with E-state index in [9.17, 15) is 9.59 Å². The fourth-order valence-corrected chi connectivity index (χ4v) is 1.45. The summed E-state index contributed by atoms with van der Waals surface area (Å²) in [6, 6.07) is 1.55. The quantitative estimate of drug-likeness (QED) is 0.761. The molecule has 1 amide bonds. The van der Waals surface area contributed by atoms with Crippen LogP contribution in [0.5, 0.6) is 0 Å². The Morgan fingerprint density at radius 1 is 1.58 bits per heavy atom. The second kappa shape index (κ2) is 6.89. The number of amides is 1. The van der Waals surface area contributed by atoms with Crippen LogP contribution in [0.2, 0.25) is 0 Å². The van der Waals surface area contributed by atoms with Crippen LogP contribution in [0.1, 0.15) is 41.3 Å². The highest BCUT2D eigenvalue weighted by Crippen LogP contribution is 2.03. The first-order chi connectivity index (χ1) is 8.95. The number of nitrogens with zero attached hydrogens (tertiary/aromatic N) is 2. The Morgan fingerprint density at radius 3 is 2.79 bits per heavy atom. The molecule has 2 N–H and O–H groups in total. The van der Waals surface area contributed by atoms with E-state index in [1.165, 1.54) is 0 Å². The van der Waals surface area contributed by atoms with Crippen LogP contribution in [0, 0.1) is 0 Å². The van der Waals surface area contributed by atoms with E-state index >= 15 is 0 Å². The summed E-state index contributed by atoms with van der Waals surface area (Å²) in [5, 5.41) is 14.7. The second-order valence-corrected chi connectivity index (χ2v) is 4.38. The van der Waals surface area contributed by atoms with Gasteiger partial charge in [0.1, 0.15) is 0 Å². The molecule has 0 aromatic carbocycles. The molecule has 7 nitrogen and oxygen atoms in total. The summed E-state index contributed by atoms with van der Waals surface area (Å²) in [6.45, 7) is 5.39. The third kappa shape index (κ3) is 4.36. The lowest BCUT2D eigenvalue weighted by Gasteiger charge is -2.23. The maximum absolute atomic E-state index is 11.7. The van der Waals surface area contributed by atoms with Crippen molar-refractivity contribution in [2.24, 2.45) is 0 Å². The Hall–Kier alpha value is -1.89. The zero-order chi connectivity index (χ0) is 14.4. The third-order valence-electron chi connectivity index (χ3n) is 3.05. The normalized spacial score (nSPS) is 12.4. The number of hydrogen-bond acceptors (Lipinski definition) is 5. The van der Waals surface area contributed by atoms with E-state index in [-0.39, 0.29) is 11.5 Å². The largest absolute Gasteiger partial charge is 0.475 e. The number of aromatic carboxylic acids is 1. The van der Waals surface area contributed by atoms with Crippen molar-refractivity contribution in [1.82, 2.24) is 15.4 Å². The molecule has 1 rings (SSSR count). The van der Waals surface area contributed by atoms with Gasteiger partial charge in [-0.05, 0) is 20.4 Å². The number of carboxylic acids is 1. The highest BCUT2D eigenvalue weighted by molar-refractivity contribution is 5.94. The first-order valence-electron chi connectivity index (χ1n) is 6.14. The molecule has 0 bridgehead atoms. The molecule has 19 heavy (non-hydrogen) atoms. The number of carbonyl (C=O) groups is 2. The zero-order valence-corrected chi connectivity index (χ0v) is 11.3. The van der Waals surface area contributed by atoms with Gasteiger partial charge in [-0.1, -0.05) is 12.1 Å². The molecule has 0 saturated carbocycles. The molecule has 0 fully saturated rings. The van der Waals surface area contributed by atoms with Crippen LogP contribution in [0.15, 0.2) is 10.6 Å². The maximum atomic E-state index is 11.7. The Kier molecular flexibility index (Phi) is 5.50. The lowest BCUT2D eigenvalue weighted by molar-refractivity contribution is 0.0651. The van der Waals surface area contributed by atoms with Crippen LogP contribution in [0.3, 0.4) is 0 Å². The number of hydrogen-bond donors (Lipinski definition) is 2. The minimum absolute atomic E-state index is 0.0245. The fourth-order valence-electron chi connectivity index (χ4n) is 1.45. The summed E-state index contributed by atoms with van der Waals surface area (Å²) in [5.74, 6) is -2.03. The number of carbonyl (C=O) groups excluding carboxylic acids is 1. The van der Waals surface area contributed by atoms with E-state index in [0.717, 1.165) is 12.5 Å².